The molecule has 2 rings (SSSR count). The SMILES string of the molecule is CN1CCCC(CNc2cnc(Cl)c(Br)c2)C1. The van der Waals surface area contributed by atoms with Gasteiger partial charge in [-0.3, -0.25) is 0 Å². The first-order valence-corrected chi connectivity index (χ1v) is 7.05. The Bertz CT molecular complexity index is 386. The standard InChI is InChI=1S/C12H17BrClN3/c1-17-4-2-3-9(8-17)6-15-10-5-11(13)12(14)16-7-10/h5,7,9,15H,2-4,6,8H2,1H3. The highest BCUT2D eigenvalue weighted by molar-refractivity contribution is 9.10. The molecule has 1 fully saturated rings. The second-order valence-electron chi connectivity index (χ2n) is 4.65. The molecule has 0 aliphatic carbocycles. The maximum absolute atomic E-state index is 5.86. The van der Waals surface area contributed by atoms with E-state index in [0.717, 1.165) is 22.6 Å². The molecule has 1 saturated heterocycles. The summed E-state index contributed by atoms with van der Waals surface area (Å²) >= 11 is 9.24. The predicted octanol–water partition coefficient (Wildman–Crippen LogP) is 3.25. The van der Waals surface area contributed by atoms with Crippen LogP contribution in [0.15, 0.2) is 16.7 Å². The maximum atomic E-state index is 5.86. The minimum absolute atomic E-state index is 0.507. The minimum atomic E-state index is 0.507. The fraction of sp³-hybridized carbons (Fsp3) is 0.583. The van der Waals surface area contributed by atoms with Gasteiger partial charge in [-0.1, -0.05) is 11.6 Å². The lowest BCUT2D eigenvalue weighted by atomic mass is 9.98. The quantitative estimate of drug-likeness (QED) is 0.867. The van der Waals surface area contributed by atoms with Gasteiger partial charge in [0.1, 0.15) is 5.15 Å². The Labute approximate surface area is 116 Å². The zero-order valence-corrected chi connectivity index (χ0v) is 12.3. The van der Waals surface area contributed by atoms with Crippen molar-refractivity contribution in [2.24, 2.45) is 5.92 Å². The molecule has 5 heteroatoms. The smallest absolute Gasteiger partial charge is 0.143 e. The van der Waals surface area contributed by atoms with Gasteiger partial charge >= 0.3 is 0 Å². The number of halogens is 2. The average molecular weight is 319 g/mol. The summed E-state index contributed by atoms with van der Waals surface area (Å²) in [4.78, 5) is 6.50. The van der Waals surface area contributed by atoms with E-state index in [9.17, 15) is 0 Å². The molecule has 3 nitrogen and oxygen atoms in total. The lowest BCUT2D eigenvalue weighted by Crippen LogP contribution is -2.35. The molecular weight excluding hydrogens is 302 g/mol. The summed E-state index contributed by atoms with van der Waals surface area (Å²) in [6.07, 6.45) is 4.38. The van der Waals surface area contributed by atoms with Crippen molar-refractivity contribution in [1.29, 1.82) is 0 Å². The molecule has 1 unspecified atom stereocenters. The Morgan fingerprint density at radius 2 is 2.47 bits per heavy atom. The van der Waals surface area contributed by atoms with Gasteiger partial charge in [0.15, 0.2) is 0 Å². The number of nitrogens with zero attached hydrogens (tertiary/aromatic N) is 2. The number of hydrogen-bond donors (Lipinski definition) is 1. The first-order valence-electron chi connectivity index (χ1n) is 5.88. The van der Waals surface area contributed by atoms with E-state index < -0.39 is 0 Å². The summed E-state index contributed by atoms with van der Waals surface area (Å²) in [5.74, 6) is 0.725. The molecule has 1 aliphatic rings. The number of pyridine rings is 1. The van der Waals surface area contributed by atoms with Crippen LogP contribution in [0.4, 0.5) is 5.69 Å². The van der Waals surface area contributed by atoms with E-state index in [0.29, 0.717) is 5.15 Å². The van der Waals surface area contributed by atoms with Crippen LogP contribution >= 0.6 is 27.5 Å². The van der Waals surface area contributed by atoms with Crippen molar-refractivity contribution in [1.82, 2.24) is 9.88 Å². The van der Waals surface area contributed by atoms with Crippen LogP contribution in [0.2, 0.25) is 5.15 Å². The van der Waals surface area contributed by atoms with Crippen LogP contribution in [0.25, 0.3) is 0 Å². The lowest BCUT2D eigenvalue weighted by Gasteiger charge is -2.29. The van der Waals surface area contributed by atoms with Gasteiger partial charge in [-0.05, 0) is 54.3 Å². The minimum Gasteiger partial charge on any atom is -0.383 e. The van der Waals surface area contributed by atoms with Crippen LogP contribution in [0, 0.1) is 5.92 Å². The summed E-state index contributed by atoms with van der Waals surface area (Å²) in [7, 11) is 2.19. The Hall–Kier alpha value is -0.320. The van der Waals surface area contributed by atoms with E-state index in [-0.39, 0.29) is 0 Å². The molecule has 0 aromatic carbocycles. The number of aromatic nitrogens is 1. The summed E-state index contributed by atoms with van der Waals surface area (Å²) < 4.78 is 0.838. The highest BCUT2D eigenvalue weighted by Gasteiger charge is 2.16. The van der Waals surface area contributed by atoms with Gasteiger partial charge in [-0.2, -0.15) is 0 Å². The van der Waals surface area contributed by atoms with E-state index in [1.165, 1.54) is 25.9 Å². The molecular formula is C12H17BrClN3. The zero-order chi connectivity index (χ0) is 12.3. The van der Waals surface area contributed by atoms with Crippen molar-refractivity contribution >= 4 is 33.2 Å². The third kappa shape index (κ3) is 3.83. The van der Waals surface area contributed by atoms with E-state index in [4.69, 9.17) is 11.6 Å². The van der Waals surface area contributed by atoms with Crippen LogP contribution in [0.5, 0.6) is 0 Å². The molecule has 17 heavy (non-hydrogen) atoms. The number of hydrogen-bond acceptors (Lipinski definition) is 3. The fourth-order valence-electron chi connectivity index (χ4n) is 2.22. The third-order valence-corrected chi connectivity index (χ3v) is 4.25. The van der Waals surface area contributed by atoms with Crippen molar-refractivity contribution in [3.63, 3.8) is 0 Å². The Morgan fingerprint density at radius 1 is 1.65 bits per heavy atom. The molecule has 94 valence electrons. The molecule has 0 radical (unpaired) electrons. The van der Waals surface area contributed by atoms with Gasteiger partial charge in [0, 0.05) is 13.1 Å². The van der Waals surface area contributed by atoms with Crippen LogP contribution in [-0.4, -0.2) is 36.6 Å². The predicted molar refractivity (Wildman–Crippen MR) is 75.7 cm³/mol. The molecule has 0 saturated carbocycles. The topological polar surface area (TPSA) is 28.2 Å². The molecule has 1 N–H and O–H groups in total. The number of rotatable bonds is 3. The Balaban J connectivity index is 1.86. The fourth-order valence-corrected chi connectivity index (χ4v) is 2.67. The van der Waals surface area contributed by atoms with Crippen molar-refractivity contribution < 1.29 is 0 Å². The van der Waals surface area contributed by atoms with Crippen molar-refractivity contribution in [3.8, 4) is 0 Å². The molecule has 0 bridgehead atoms. The van der Waals surface area contributed by atoms with Gasteiger partial charge in [-0.25, -0.2) is 4.98 Å². The number of piperidine rings is 1. The van der Waals surface area contributed by atoms with Crippen molar-refractivity contribution in [3.05, 3.63) is 21.9 Å². The first-order chi connectivity index (χ1) is 8.15. The van der Waals surface area contributed by atoms with Gasteiger partial charge in [-0.15, -0.1) is 0 Å². The highest BCUT2D eigenvalue weighted by atomic mass is 79.9. The Kier molecular flexibility index (Phi) is 4.65. The average Bonchev–Trinajstić information content (AvgIpc) is 2.31. The van der Waals surface area contributed by atoms with E-state index in [2.05, 4.69) is 38.2 Å². The number of nitrogens with one attached hydrogen (secondary N) is 1. The van der Waals surface area contributed by atoms with Gasteiger partial charge in [0.2, 0.25) is 0 Å². The van der Waals surface area contributed by atoms with Crippen LogP contribution in [-0.2, 0) is 0 Å². The van der Waals surface area contributed by atoms with E-state index in [1.807, 2.05) is 6.07 Å². The lowest BCUT2D eigenvalue weighted by molar-refractivity contribution is 0.217. The normalized spacial score (nSPS) is 21.5. The van der Waals surface area contributed by atoms with Gasteiger partial charge < -0.3 is 10.2 Å². The van der Waals surface area contributed by atoms with Crippen molar-refractivity contribution in [2.75, 3.05) is 32.0 Å². The van der Waals surface area contributed by atoms with Gasteiger partial charge in [0.05, 0.1) is 16.4 Å². The number of anilines is 1. The summed E-state index contributed by atoms with van der Waals surface area (Å²) in [5, 5.41) is 3.93. The molecule has 2 heterocycles. The zero-order valence-electron chi connectivity index (χ0n) is 9.92. The van der Waals surface area contributed by atoms with E-state index >= 15 is 0 Å². The molecule has 0 spiro atoms. The summed E-state index contributed by atoms with van der Waals surface area (Å²) in [6, 6.07) is 1.97. The summed E-state index contributed by atoms with van der Waals surface area (Å²) in [5.41, 5.74) is 1.02. The Morgan fingerprint density at radius 3 is 3.18 bits per heavy atom. The van der Waals surface area contributed by atoms with Crippen LogP contribution in [0.1, 0.15) is 12.8 Å². The molecule has 0 amide bonds. The molecule has 1 atom stereocenters. The maximum Gasteiger partial charge on any atom is 0.143 e. The first kappa shape index (κ1) is 13.1. The third-order valence-electron chi connectivity index (χ3n) is 3.11. The largest absolute Gasteiger partial charge is 0.383 e. The molecule has 1 aromatic heterocycles. The highest BCUT2D eigenvalue weighted by Crippen LogP contribution is 2.23. The van der Waals surface area contributed by atoms with Crippen LogP contribution in [0.3, 0.4) is 0 Å². The molecule has 1 aromatic rings. The second kappa shape index (κ2) is 6.03. The van der Waals surface area contributed by atoms with Crippen molar-refractivity contribution in [2.45, 2.75) is 12.8 Å². The van der Waals surface area contributed by atoms with E-state index in [1.54, 1.807) is 6.20 Å². The summed E-state index contributed by atoms with van der Waals surface area (Å²) in [6.45, 7) is 3.40. The number of likely N-dealkylation sites (tertiary alicyclic amines) is 1. The van der Waals surface area contributed by atoms with Gasteiger partial charge in [0.25, 0.3) is 0 Å². The molecule has 1 aliphatic heterocycles. The second-order valence-corrected chi connectivity index (χ2v) is 5.86. The van der Waals surface area contributed by atoms with Crippen LogP contribution < -0.4 is 5.32 Å². The monoisotopic (exact) mass is 317 g/mol.